The summed E-state index contributed by atoms with van der Waals surface area (Å²) in [4.78, 5) is 16.5. The molecule has 1 saturated carbocycles. The van der Waals surface area contributed by atoms with E-state index in [1.54, 1.807) is 11.6 Å². The number of rotatable bonds is 5. The summed E-state index contributed by atoms with van der Waals surface area (Å²) in [5.74, 6) is -1.00. The Kier molecular flexibility index (Phi) is 6.74. The Morgan fingerprint density at radius 3 is 2.66 bits per heavy atom. The van der Waals surface area contributed by atoms with Crippen LogP contribution in [0, 0.1) is 16.7 Å². The van der Waals surface area contributed by atoms with Gasteiger partial charge in [0.2, 0.25) is 0 Å². The number of nitriles is 1. The normalized spacial score (nSPS) is 24.1. The maximum atomic E-state index is 12.3. The minimum Gasteiger partial charge on any atom is -0.461 e. The summed E-state index contributed by atoms with van der Waals surface area (Å²) in [5.41, 5.74) is 0.201. The summed E-state index contributed by atoms with van der Waals surface area (Å²) in [6, 6.07) is 6.09. The van der Waals surface area contributed by atoms with Gasteiger partial charge in [-0.15, -0.1) is 0 Å². The van der Waals surface area contributed by atoms with Gasteiger partial charge in [0.15, 0.2) is 17.2 Å². The molecular formula is C22H31N5O5. The molecule has 2 aliphatic rings. The lowest BCUT2D eigenvalue weighted by Gasteiger charge is -2.36. The van der Waals surface area contributed by atoms with Gasteiger partial charge in [-0.1, -0.05) is 6.42 Å². The summed E-state index contributed by atoms with van der Waals surface area (Å²) >= 11 is 0. The van der Waals surface area contributed by atoms with Crippen molar-refractivity contribution in [1.82, 2.24) is 14.6 Å². The molecule has 0 bridgehead atoms. The predicted octanol–water partition coefficient (Wildman–Crippen LogP) is 2.33. The highest BCUT2D eigenvalue weighted by Gasteiger charge is 2.46. The molecule has 3 N–H and O–H groups in total. The molecule has 0 aromatic carbocycles. The topological polar surface area (TPSA) is 142 Å². The maximum Gasteiger partial charge on any atom is 0.311 e. The average molecular weight is 446 g/mol. The van der Waals surface area contributed by atoms with Crippen LogP contribution >= 0.6 is 0 Å². The van der Waals surface area contributed by atoms with Crippen LogP contribution in [0.25, 0.3) is 5.52 Å². The molecule has 0 unspecified atom stereocenters. The van der Waals surface area contributed by atoms with Crippen molar-refractivity contribution in [3.8, 4) is 6.07 Å². The summed E-state index contributed by atoms with van der Waals surface area (Å²) in [7, 11) is 1.80. The number of hydrogen-bond acceptors (Lipinski definition) is 9. The lowest BCUT2D eigenvalue weighted by atomic mass is 9.70. The third-order valence-electron chi connectivity index (χ3n) is 5.82. The van der Waals surface area contributed by atoms with Crippen molar-refractivity contribution < 1.29 is 24.5 Å². The summed E-state index contributed by atoms with van der Waals surface area (Å²) < 4.78 is 13.4. The molecule has 2 fully saturated rings. The SMILES string of the molecule is CC(C)(O)O.CNc1ncnn2c([C@H]3CC[C@@](C#N)(COC(=O)C4(C)CCC4)O3)ccc12. The third kappa shape index (κ3) is 5.18. The van der Waals surface area contributed by atoms with E-state index in [0.29, 0.717) is 12.8 Å². The van der Waals surface area contributed by atoms with Gasteiger partial charge < -0.3 is 25.0 Å². The van der Waals surface area contributed by atoms with E-state index in [1.807, 2.05) is 19.1 Å². The number of fused-ring (bicyclic) bond motifs is 1. The Bertz CT molecular complexity index is 998. The van der Waals surface area contributed by atoms with Crippen molar-refractivity contribution in [1.29, 1.82) is 5.26 Å². The Labute approximate surface area is 187 Å². The first-order valence-corrected chi connectivity index (χ1v) is 10.7. The monoisotopic (exact) mass is 445 g/mol. The molecule has 2 atom stereocenters. The van der Waals surface area contributed by atoms with Gasteiger partial charge in [-0.05, 0) is 58.6 Å². The zero-order valence-electron chi connectivity index (χ0n) is 19.0. The number of esters is 1. The largest absolute Gasteiger partial charge is 0.461 e. The minimum absolute atomic E-state index is 0.0333. The fourth-order valence-corrected chi connectivity index (χ4v) is 3.84. The molecule has 4 rings (SSSR count). The van der Waals surface area contributed by atoms with Gasteiger partial charge in [0.05, 0.1) is 11.1 Å². The van der Waals surface area contributed by atoms with Crippen LogP contribution in [0.4, 0.5) is 5.82 Å². The quantitative estimate of drug-likeness (QED) is 0.467. The van der Waals surface area contributed by atoms with E-state index < -0.39 is 16.8 Å². The molecule has 0 radical (unpaired) electrons. The zero-order valence-corrected chi connectivity index (χ0v) is 19.0. The van der Waals surface area contributed by atoms with E-state index in [2.05, 4.69) is 21.5 Å². The van der Waals surface area contributed by atoms with E-state index >= 15 is 0 Å². The highest BCUT2D eigenvalue weighted by Crippen LogP contribution is 2.43. The second-order valence-electron chi connectivity index (χ2n) is 9.15. The number of carbonyl (C=O) groups is 1. The Morgan fingerprint density at radius 1 is 1.41 bits per heavy atom. The highest BCUT2D eigenvalue weighted by molar-refractivity contribution is 5.77. The van der Waals surface area contributed by atoms with E-state index in [1.165, 1.54) is 20.2 Å². The molecule has 1 saturated heterocycles. The molecule has 0 spiro atoms. The zero-order chi connectivity index (χ0) is 23.6. The van der Waals surface area contributed by atoms with E-state index in [0.717, 1.165) is 36.3 Å². The Hall–Kier alpha value is -2.74. The third-order valence-corrected chi connectivity index (χ3v) is 5.82. The van der Waals surface area contributed by atoms with Crippen molar-refractivity contribution >= 4 is 17.3 Å². The van der Waals surface area contributed by atoms with Crippen LogP contribution in [0.15, 0.2) is 18.5 Å². The molecule has 10 nitrogen and oxygen atoms in total. The van der Waals surface area contributed by atoms with Gasteiger partial charge in [0.1, 0.15) is 30.6 Å². The van der Waals surface area contributed by atoms with Crippen molar-refractivity contribution in [2.45, 2.75) is 70.4 Å². The van der Waals surface area contributed by atoms with Gasteiger partial charge in [0.25, 0.3) is 0 Å². The number of aliphatic hydroxyl groups is 2. The number of nitrogens with one attached hydrogen (secondary N) is 1. The van der Waals surface area contributed by atoms with Crippen LogP contribution in [0.5, 0.6) is 0 Å². The molecule has 32 heavy (non-hydrogen) atoms. The van der Waals surface area contributed by atoms with Crippen molar-refractivity contribution in [3.05, 3.63) is 24.2 Å². The van der Waals surface area contributed by atoms with Gasteiger partial charge in [-0.2, -0.15) is 10.4 Å². The van der Waals surface area contributed by atoms with Crippen LogP contribution in [-0.4, -0.2) is 55.8 Å². The number of anilines is 1. The molecule has 2 aromatic heterocycles. The van der Waals surface area contributed by atoms with Crippen molar-refractivity contribution in [2.75, 3.05) is 19.0 Å². The van der Waals surface area contributed by atoms with Crippen molar-refractivity contribution in [3.63, 3.8) is 0 Å². The minimum atomic E-state index is -1.50. The molecule has 1 aliphatic carbocycles. The summed E-state index contributed by atoms with van der Waals surface area (Å²) in [5, 5.41) is 33.2. The number of ether oxygens (including phenoxy) is 2. The second kappa shape index (κ2) is 9.02. The van der Waals surface area contributed by atoms with Gasteiger partial charge in [-0.25, -0.2) is 9.50 Å². The fraction of sp³-hybridized carbons (Fsp3) is 0.636. The Morgan fingerprint density at radius 2 is 2.09 bits per heavy atom. The van der Waals surface area contributed by atoms with Gasteiger partial charge in [0, 0.05) is 7.05 Å². The Balaban J connectivity index is 0.000000523. The number of carbonyl (C=O) groups excluding carboxylic acids is 1. The summed E-state index contributed by atoms with van der Waals surface area (Å²) in [6.07, 6.45) is 5.10. The van der Waals surface area contributed by atoms with Crippen LogP contribution in [0.1, 0.15) is 64.7 Å². The van der Waals surface area contributed by atoms with Crippen LogP contribution in [0.2, 0.25) is 0 Å². The van der Waals surface area contributed by atoms with Gasteiger partial charge in [-0.3, -0.25) is 4.79 Å². The first-order valence-electron chi connectivity index (χ1n) is 10.7. The fourth-order valence-electron chi connectivity index (χ4n) is 3.84. The predicted molar refractivity (Wildman–Crippen MR) is 115 cm³/mol. The molecule has 2 aromatic rings. The van der Waals surface area contributed by atoms with Crippen LogP contribution in [-0.2, 0) is 14.3 Å². The lowest BCUT2D eigenvalue weighted by molar-refractivity contribution is -0.167. The second-order valence-corrected chi connectivity index (χ2v) is 9.15. The highest BCUT2D eigenvalue weighted by atomic mass is 16.6. The van der Waals surface area contributed by atoms with Gasteiger partial charge >= 0.3 is 5.97 Å². The van der Waals surface area contributed by atoms with E-state index in [9.17, 15) is 10.1 Å². The van der Waals surface area contributed by atoms with Crippen LogP contribution < -0.4 is 5.32 Å². The number of aromatic nitrogens is 3. The van der Waals surface area contributed by atoms with Crippen molar-refractivity contribution in [2.24, 2.45) is 5.41 Å². The van der Waals surface area contributed by atoms with E-state index in [-0.39, 0.29) is 18.7 Å². The van der Waals surface area contributed by atoms with E-state index in [4.69, 9.17) is 19.7 Å². The number of hydrogen-bond donors (Lipinski definition) is 3. The summed E-state index contributed by atoms with van der Waals surface area (Å²) in [6.45, 7) is 4.48. The molecule has 3 heterocycles. The smallest absolute Gasteiger partial charge is 0.311 e. The molecule has 10 heteroatoms. The molecule has 174 valence electrons. The van der Waals surface area contributed by atoms with Crippen LogP contribution in [0.3, 0.4) is 0 Å². The molecule has 1 aliphatic heterocycles. The first kappa shape index (κ1) is 23.9. The lowest BCUT2D eigenvalue weighted by Crippen LogP contribution is -2.40. The first-order chi connectivity index (χ1) is 15.0. The molecule has 0 amide bonds. The molecular weight excluding hydrogens is 414 g/mol. The average Bonchev–Trinajstić information content (AvgIpc) is 3.33. The number of nitrogens with zero attached hydrogens (tertiary/aromatic N) is 4. The standard InChI is InChI=1S/C19H23N5O3.C3H8O2/c1-18(7-3-8-18)17(25)26-11-19(10-20)9-6-15(27-19)13-4-5-14-16(21-2)22-12-23-24(13)14;1-3(2,4)5/h4-5,12,15H,3,6-9,11H2,1-2H3,(H,21,22,23);4-5H,1-2H3/t15-,19-;/m1./s1. The maximum absolute atomic E-state index is 12.3.